The average molecular weight is 279 g/mol. The van der Waals surface area contributed by atoms with Gasteiger partial charge < -0.3 is 5.32 Å². The Labute approximate surface area is 121 Å². The Morgan fingerprint density at radius 1 is 1.16 bits per heavy atom. The molecule has 0 radical (unpaired) electrons. The van der Waals surface area contributed by atoms with Crippen molar-refractivity contribution in [3.8, 4) is 0 Å². The van der Waals surface area contributed by atoms with Gasteiger partial charge in [-0.1, -0.05) is 44.9 Å². The normalized spacial score (nSPS) is 12.4. The number of thioether (sulfide) groups is 1. The van der Waals surface area contributed by atoms with Gasteiger partial charge in [0, 0.05) is 10.9 Å². The first-order chi connectivity index (χ1) is 9.08. The number of nitrogens with one attached hydrogen (secondary N) is 1. The molecule has 106 valence electrons. The second-order valence-electron chi connectivity index (χ2n) is 5.40. The monoisotopic (exact) mass is 279 g/mol. The highest BCUT2D eigenvalue weighted by Crippen LogP contribution is 2.16. The molecule has 0 bridgehead atoms. The third kappa shape index (κ3) is 7.93. The van der Waals surface area contributed by atoms with Crippen LogP contribution in [0.3, 0.4) is 0 Å². The lowest BCUT2D eigenvalue weighted by atomic mass is 10.0. The molecule has 1 rings (SSSR count). The molecule has 0 aliphatic heterocycles. The molecule has 0 aliphatic rings. The van der Waals surface area contributed by atoms with Gasteiger partial charge in [0.05, 0.1) is 5.75 Å². The maximum atomic E-state index is 11.8. The Morgan fingerprint density at radius 3 is 2.47 bits per heavy atom. The second-order valence-corrected chi connectivity index (χ2v) is 6.44. The zero-order valence-corrected chi connectivity index (χ0v) is 13.0. The van der Waals surface area contributed by atoms with E-state index in [1.165, 1.54) is 12.8 Å². The highest BCUT2D eigenvalue weighted by Gasteiger charge is 2.08. The van der Waals surface area contributed by atoms with Gasteiger partial charge in [0.25, 0.3) is 0 Å². The van der Waals surface area contributed by atoms with Gasteiger partial charge >= 0.3 is 0 Å². The summed E-state index contributed by atoms with van der Waals surface area (Å²) < 4.78 is 0. The van der Waals surface area contributed by atoms with E-state index in [-0.39, 0.29) is 11.9 Å². The predicted octanol–water partition coefficient (Wildman–Crippen LogP) is 4.11. The van der Waals surface area contributed by atoms with Crippen molar-refractivity contribution in [2.24, 2.45) is 5.92 Å². The predicted molar refractivity (Wildman–Crippen MR) is 83.5 cm³/mol. The molecule has 1 aromatic carbocycles. The summed E-state index contributed by atoms with van der Waals surface area (Å²) >= 11 is 1.59. The zero-order chi connectivity index (χ0) is 14.1. The fourth-order valence-corrected chi connectivity index (χ4v) is 2.62. The number of hydrogen-bond acceptors (Lipinski definition) is 2. The summed E-state index contributed by atoms with van der Waals surface area (Å²) in [5.41, 5.74) is 0. The summed E-state index contributed by atoms with van der Waals surface area (Å²) in [6, 6.07) is 10.3. The fraction of sp³-hybridized carbons (Fsp3) is 0.562. The Kier molecular flexibility index (Phi) is 7.65. The molecule has 19 heavy (non-hydrogen) atoms. The first kappa shape index (κ1) is 16.1. The summed E-state index contributed by atoms with van der Waals surface area (Å²) in [5, 5.41) is 3.06. The lowest BCUT2D eigenvalue weighted by Crippen LogP contribution is -2.33. The van der Waals surface area contributed by atoms with Crippen LogP contribution in [-0.2, 0) is 4.79 Å². The molecule has 0 saturated carbocycles. The molecule has 1 atom stereocenters. The van der Waals surface area contributed by atoms with Crippen LogP contribution in [0, 0.1) is 5.92 Å². The van der Waals surface area contributed by atoms with Crippen molar-refractivity contribution in [1.29, 1.82) is 0 Å². The van der Waals surface area contributed by atoms with E-state index in [0.29, 0.717) is 5.75 Å². The Hall–Kier alpha value is -0.960. The number of amides is 1. The Morgan fingerprint density at radius 2 is 1.84 bits per heavy atom. The molecule has 0 heterocycles. The van der Waals surface area contributed by atoms with Gasteiger partial charge in [-0.15, -0.1) is 11.8 Å². The molecule has 0 aliphatic carbocycles. The van der Waals surface area contributed by atoms with Crippen LogP contribution >= 0.6 is 11.8 Å². The summed E-state index contributed by atoms with van der Waals surface area (Å²) in [7, 11) is 0. The molecule has 0 fully saturated rings. The van der Waals surface area contributed by atoms with Gasteiger partial charge in [-0.3, -0.25) is 4.79 Å². The third-order valence-electron chi connectivity index (χ3n) is 2.94. The molecule has 1 aromatic rings. The van der Waals surface area contributed by atoms with Crippen molar-refractivity contribution in [1.82, 2.24) is 5.32 Å². The van der Waals surface area contributed by atoms with Crippen molar-refractivity contribution < 1.29 is 4.79 Å². The molecule has 0 saturated heterocycles. The molecule has 1 N–H and O–H groups in total. The van der Waals surface area contributed by atoms with E-state index < -0.39 is 0 Å². The number of benzene rings is 1. The van der Waals surface area contributed by atoms with Crippen LogP contribution < -0.4 is 5.32 Å². The van der Waals surface area contributed by atoms with Gasteiger partial charge in [-0.25, -0.2) is 0 Å². The van der Waals surface area contributed by atoms with Crippen molar-refractivity contribution in [3.05, 3.63) is 30.3 Å². The molecule has 2 nitrogen and oxygen atoms in total. The lowest BCUT2D eigenvalue weighted by Gasteiger charge is -2.14. The molecule has 3 heteroatoms. The topological polar surface area (TPSA) is 29.1 Å². The van der Waals surface area contributed by atoms with Crippen LogP contribution in [0.5, 0.6) is 0 Å². The van der Waals surface area contributed by atoms with Crippen LogP contribution in [0.4, 0.5) is 0 Å². The van der Waals surface area contributed by atoms with Crippen LogP contribution in [0.1, 0.15) is 40.0 Å². The molecule has 1 amide bonds. The molecule has 0 spiro atoms. The number of hydrogen-bond donors (Lipinski definition) is 1. The smallest absolute Gasteiger partial charge is 0.230 e. The summed E-state index contributed by atoms with van der Waals surface area (Å²) in [4.78, 5) is 12.9. The van der Waals surface area contributed by atoms with Crippen LogP contribution in [-0.4, -0.2) is 17.7 Å². The fourth-order valence-electron chi connectivity index (χ4n) is 1.89. The highest BCUT2D eigenvalue weighted by molar-refractivity contribution is 8.00. The first-order valence-corrected chi connectivity index (χ1v) is 8.03. The number of rotatable bonds is 8. The maximum absolute atomic E-state index is 11.8. The van der Waals surface area contributed by atoms with Crippen LogP contribution in [0.25, 0.3) is 0 Å². The number of carbonyl (C=O) groups is 1. The van der Waals surface area contributed by atoms with Crippen molar-refractivity contribution in [3.63, 3.8) is 0 Å². The van der Waals surface area contributed by atoms with E-state index >= 15 is 0 Å². The summed E-state index contributed by atoms with van der Waals surface area (Å²) in [5.74, 6) is 1.38. The van der Waals surface area contributed by atoms with Crippen molar-refractivity contribution >= 4 is 17.7 Å². The van der Waals surface area contributed by atoms with E-state index in [1.807, 2.05) is 30.3 Å². The average Bonchev–Trinajstić information content (AvgIpc) is 2.37. The minimum atomic E-state index is 0.130. The molecule has 1 unspecified atom stereocenters. The van der Waals surface area contributed by atoms with Crippen molar-refractivity contribution in [2.75, 3.05) is 5.75 Å². The SMILES string of the molecule is CC(C)CCCC(C)NC(=O)CSc1ccccc1. The van der Waals surface area contributed by atoms with Gasteiger partial charge in [0.2, 0.25) is 5.91 Å². The van der Waals surface area contributed by atoms with Crippen LogP contribution in [0.2, 0.25) is 0 Å². The van der Waals surface area contributed by atoms with Gasteiger partial charge in [0.1, 0.15) is 0 Å². The third-order valence-corrected chi connectivity index (χ3v) is 3.95. The van der Waals surface area contributed by atoms with Gasteiger partial charge in [-0.05, 0) is 31.4 Å². The van der Waals surface area contributed by atoms with E-state index in [2.05, 4.69) is 26.1 Å². The maximum Gasteiger partial charge on any atom is 0.230 e. The quantitative estimate of drug-likeness (QED) is 0.726. The van der Waals surface area contributed by atoms with E-state index in [4.69, 9.17) is 0 Å². The Bertz CT molecular complexity index is 364. The standard InChI is InChI=1S/C16H25NOS/c1-13(2)8-7-9-14(3)17-16(18)12-19-15-10-5-4-6-11-15/h4-6,10-11,13-14H,7-9,12H2,1-3H3,(H,17,18). The van der Waals surface area contributed by atoms with Gasteiger partial charge in [0.15, 0.2) is 0 Å². The Balaban J connectivity index is 2.16. The molecular formula is C16H25NOS. The number of carbonyl (C=O) groups excluding carboxylic acids is 1. The molecular weight excluding hydrogens is 254 g/mol. The highest BCUT2D eigenvalue weighted by atomic mass is 32.2. The van der Waals surface area contributed by atoms with E-state index in [1.54, 1.807) is 11.8 Å². The largest absolute Gasteiger partial charge is 0.353 e. The lowest BCUT2D eigenvalue weighted by molar-refractivity contribution is -0.119. The summed E-state index contributed by atoms with van der Waals surface area (Å²) in [6.45, 7) is 6.56. The minimum absolute atomic E-state index is 0.130. The molecule has 0 aromatic heterocycles. The van der Waals surface area contributed by atoms with E-state index in [9.17, 15) is 4.79 Å². The van der Waals surface area contributed by atoms with E-state index in [0.717, 1.165) is 17.2 Å². The second kappa shape index (κ2) is 9.03. The summed E-state index contributed by atoms with van der Waals surface area (Å²) in [6.07, 6.45) is 3.49. The van der Waals surface area contributed by atoms with Crippen molar-refractivity contribution in [2.45, 2.75) is 51.0 Å². The van der Waals surface area contributed by atoms with Crippen LogP contribution in [0.15, 0.2) is 35.2 Å². The minimum Gasteiger partial charge on any atom is -0.353 e. The zero-order valence-electron chi connectivity index (χ0n) is 12.2. The first-order valence-electron chi connectivity index (χ1n) is 7.05. The van der Waals surface area contributed by atoms with Gasteiger partial charge in [-0.2, -0.15) is 0 Å².